The average Bonchev–Trinajstić information content (AvgIpc) is 2.83. The van der Waals surface area contributed by atoms with Gasteiger partial charge in [-0.25, -0.2) is 0 Å². The molecule has 1 N–H and O–H groups in total. The Balaban J connectivity index is 1.77. The first-order valence-electron chi connectivity index (χ1n) is 6.83. The number of likely N-dealkylation sites (tertiary alicyclic amines) is 1. The molecule has 2 aliphatic rings. The predicted octanol–water partition coefficient (Wildman–Crippen LogP) is 1.01. The van der Waals surface area contributed by atoms with Crippen molar-refractivity contribution < 1.29 is 9.53 Å². The van der Waals surface area contributed by atoms with Crippen LogP contribution in [0.5, 0.6) is 0 Å². The van der Waals surface area contributed by atoms with Gasteiger partial charge in [-0.3, -0.25) is 4.79 Å². The highest BCUT2D eigenvalue weighted by Gasteiger charge is 2.26. The van der Waals surface area contributed by atoms with E-state index in [1.807, 2.05) is 11.9 Å². The largest absolute Gasteiger partial charge is 0.378 e. The summed E-state index contributed by atoms with van der Waals surface area (Å²) in [4.78, 5) is 14.2. The molecular weight excluding hydrogens is 216 g/mol. The summed E-state index contributed by atoms with van der Waals surface area (Å²) in [6.07, 6.45) is 5.33. The molecule has 1 amide bonds. The molecule has 0 aromatic rings. The summed E-state index contributed by atoms with van der Waals surface area (Å²) in [7, 11) is 1.98. The number of nitrogens with one attached hydrogen (secondary N) is 1. The van der Waals surface area contributed by atoms with Crippen LogP contribution in [-0.4, -0.2) is 50.2 Å². The lowest BCUT2D eigenvalue weighted by molar-refractivity contribution is -0.135. The van der Waals surface area contributed by atoms with Gasteiger partial charge in [0.15, 0.2) is 0 Å². The van der Waals surface area contributed by atoms with E-state index in [-0.39, 0.29) is 12.0 Å². The maximum atomic E-state index is 12.1. The third-order valence-corrected chi connectivity index (χ3v) is 3.79. The fourth-order valence-electron chi connectivity index (χ4n) is 2.88. The number of hydrogen-bond donors (Lipinski definition) is 1. The van der Waals surface area contributed by atoms with Gasteiger partial charge in [0, 0.05) is 19.7 Å². The first-order valence-corrected chi connectivity index (χ1v) is 6.83. The molecule has 0 aliphatic carbocycles. The minimum Gasteiger partial charge on any atom is -0.378 e. The van der Waals surface area contributed by atoms with Gasteiger partial charge in [-0.15, -0.1) is 0 Å². The molecule has 0 radical (unpaired) electrons. The van der Waals surface area contributed by atoms with E-state index >= 15 is 0 Å². The van der Waals surface area contributed by atoms with Crippen molar-refractivity contribution in [3.63, 3.8) is 0 Å². The fourth-order valence-corrected chi connectivity index (χ4v) is 2.88. The van der Waals surface area contributed by atoms with Gasteiger partial charge in [0.05, 0.1) is 12.5 Å². The normalized spacial score (nSPS) is 29.6. The topological polar surface area (TPSA) is 41.6 Å². The van der Waals surface area contributed by atoms with Gasteiger partial charge in [0.1, 0.15) is 0 Å². The van der Waals surface area contributed by atoms with Crippen LogP contribution in [0.15, 0.2) is 0 Å². The van der Waals surface area contributed by atoms with Crippen LogP contribution in [0.3, 0.4) is 0 Å². The molecule has 2 fully saturated rings. The number of ether oxygens (including phenoxy) is 1. The molecule has 17 heavy (non-hydrogen) atoms. The molecule has 2 unspecified atom stereocenters. The standard InChI is InChI=1S/C13H24N2O2/c1-14-9-11-4-2-6-15(10-11)13(16)8-12-5-3-7-17-12/h11-12,14H,2-10H2,1H3. The van der Waals surface area contributed by atoms with Crippen molar-refractivity contribution in [3.05, 3.63) is 0 Å². The number of amides is 1. The summed E-state index contributed by atoms with van der Waals surface area (Å²) in [6, 6.07) is 0. The summed E-state index contributed by atoms with van der Waals surface area (Å²) < 4.78 is 5.53. The van der Waals surface area contributed by atoms with E-state index in [9.17, 15) is 4.79 Å². The lowest BCUT2D eigenvalue weighted by Gasteiger charge is -2.33. The lowest BCUT2D eigenvalue weighted by Crippen LogP contribution is -2.43. The van der Waals surface area contributed by atoms with Crippen LogP contribution in [0.1, 0.15) is 32.1 Å². The second kappa shape index (κ2) is 6.36. The molecule has 0 aromatic heterocycles. The number of rotatable bonds is 4. The first-order chi connectivity index (χ1) is 8.29. The Morgan fingerprint density at radius 2 is 2.29 bits per heavy atom. The highest BCUT2D eigenvalue weighted by molar-refractivity contribution is 5.76. The molecule has 0 bridgehead atoms. The van der Waals surface area contributed by atoms with Crippen molar-refractivity contribution in [1.29, 1.82) is 0 Å². The Hall–Kier alpha value is -0.610. The summed E-state index contributed by atoms with van der Waals surface area (Å²) in [5, 5.41) is 3.21. The van der Waals surface area contributed by atoms with Crippen molar-refractivity contribution >= 4 is 5.91 Å². The smallest absolute Gasteiger partial charge is 0.225 e. The van der Waals surface area contributed by atoms with Crippen LogP contribution in [-0.2, 0) is 9.53 Å². The number of hydrogen-bond acceptors (Lipinski definition) is 3. The maximum Gasteiger partial charge on any atom is 0.225 e. The van der Waals surface area contributed by atoms with Gasteiger partial charge in [-0.2, -0.15) is 0 Å². The minimum absolute atomic E-state index is 0.187. The van der Waals surface area contributed by atoms with E-state index in [1.54, 1.807) is 0 Å². The van der Waals surface area contributed by atoms with E-state index in [2.05, 4.69) is 5.32 Å². The van der Waals surface area contributed by atoms with Gasteiger partial charge in [-0.1, -0.05) is 0 Å². The molecule has 98 valence electrons. The van der Waals surface area contributed by atoms with Gasteiger partial charge >= 0.3 is 0 Å². The molecule has 2 heterocycles. The summed E-state index contributed by atoms with van der Waals surface area (Å²) in [6.45, 7) is 3.71. The molecule has 0 spiro atoms. The van der Waals surface area contributed by atoms with Crippen LogP contribution in [0.25, 0.3) is 0 Å². The number of piperidine rings is 1. The third kappa shape index (κ3) is 3.68. The Labute approximate surface area is 104 Å². The molecule has 2 aliphatic heterocycles. The molecule has 4 heteroatoms. The zero-order valence-corrected chi connectivity index (χ0v) is 10.8. The van der Waals surface area contributed by atoms with Gasteiger partial charge in [-0.05, 0) is 45.2 Å². The fraction of sp³-hybridized carbons (Fsp3) is 0.923. The molecule has 2 saturated heterocycles. The van der Waals surface area contributed by atoms with Crippen LogP contribution in [0.2, 0.25) is 0 Å². The van der Waals surface area contributed by atoms with Crippen molar-refractivity contribution in [1.82, 2.24) is 10.2 Å². The second-order valence-corrected chi connectivity index (χ2v) is 5.24. The van der Waals surface area contributed by atoms with Gasteiger partial charge in [0.2, 0.25) is 5.91 Å². The van der Waals surface area contributed by atoms with E-state index in [4.69, 9.17) is 4.74 Å². The average molecular weight is 240 g/mol. The molecular formula is C13H24N2O2. The number of nitrogens with zero attached hydrogens (tertiary/aromatic N) is 1. The van der Waals surface area contributed by atoms with Crippen molar-refractivity contribution in [2.45, 2.75) is 38.2 Å². The van der Waals surface area contributed by atoms with Gasteiger partial charge < -0.3 is 15.0 Å². The molecule has 0 aromatic carbocycles. The molecule has 0 saturated carbocycles. The zero-order valence-electron chi connectivity index (χ0n) is 10.8. The monoisotopic (exact) mass is 240 g/mol. The predicted molar refractivity (Wildman–Crippen MR) is 66.8 cm³/mol. The molecule has 2 rings (SSSR count). The second-order valence-electron chi connectivity index (χ2n) is 5.24. The van der Waals surface area contributed by atoms with E-state index < -0.39 is 0 Å². The highest BCUT2D eigenvalue weighted by Crippen LogP contribution is 2.20. The van der Waals surface area contributed by atoms with E-state index in [1.165, 1.54) is 6.42 Å². The highest BCUT2D eigenvalue weighted by atomic mass is 16.5. The van der Waals surface area contributed by atoms with Gasteiger partial charge in [0.25, 0.3) is 0 Å². The molecule has 4 nitrogen and oxygen atoms in total. The van der Waals surface area contributed by atoms with Crippen molar-refractivity contribution in [2.24, 2.45) is 5.92 Å². The van der Waals surface area contributed by atoms with E-state index in [0.717, 1.165) is 45.5 Å². The zero-order chi connectivity index (χ0) is 12.1. The minimum atomic E-state index is 0.187. The van der Waals surface area contributed by atoms with Crippen molar-refractivity contribution in [2.75, 3.05) is 33.3 Å². The first kappa shape index (κ1) is 12.8. The number of carbonyl (C=O) groups excluding carboxylic acids is 1. The summed E-state index contributed by atoms with van der Waals surface area (Å²) >= 11 is 0. The van der Waals surface area contributed by atoms with Crippen LogP contribution in [0.4, 0.5) is 0 Å². The summed E-state index contributed by atoms with van der Waals surface area (Å²) in [5.74, 6) is 0.917. The molecule has 2 atom stereocenters. The third-order valence-electron chi connectivity index (χ3n) is 3.79. The quantitative estimate of drug-likeness (QED) is 0.797. The lowest BCUT2D eigenvalue weighted by atomic mass is 9.97. The SMILES string of the molecule is CNCC1CCCN(C(=O)CC2CCCO2)C1. The van der Waals surface area contributed by atoms with E-state index in [0.29, 0.717) is 12.3 Å². The van der Waals surface area contributed by atoms with Crippen molar-refractivity contribution in [3.8, 4) is 0 Å². The van der Waals surface area contributed by atoms with Crippen LogP contribution < -0.4 is 5.32 Å². The van der Waals surface area contributed by atoms with Crippen LogP contribution in [0, 0.1) is 5.92 Å². The Morgan fingerprint density at radius 3 is 3.00 bits per heavy atom. The Bertz CT molecular complexity index is 250. The maximum absolute atomic E-state index is 12.1. The number of carbonyl (C=O) groups is 1. The Morgan fingerprint density at radius 1 is 1.41 bits per heavy atom. The van der Waals surface area contributed by atoms with Crippen LogP contribution >= 0.6 is 0 Å². The Kier molecular flexibility index (Phi) is 4.80. The summed E-state index contributed by atoms with van der Waals surface area (Å²) in [5.41, 5.74) is 0.